The molecule has 5 N–H and O–H groups in total. The maximum atomic E-state index is 13.9. The van der Waals surface area contributed by atoms with Gasteiger partial charge in [0.2, 0.25) is 11.8 Å². The molecular weight excluding hydrogens is 532 g/mol. The lowest BCUT2D eigenvalue weighted by molar-refractivity contribution is -0.123. The van der Waals surface area contributed by atoms with Crippen LogP contribution in [0.25, 0.3) is 10.8 Å². The lowest BCUT2D eigenvalue weighted by Gasteiger charge is -2.30. The minimum Gasteiger partial charge on any atom is -0.445 e. The molecule has 216 valence electrons. The first-order valence-electron chi connectivity index (χ1n) is 13.7. The zero-order valence-electron chi connectivity index (χ0n) is 23.2. The van der Waals surface area contributed by atoms with E-state index in [-0.39, 0.29) is 38.4 Å². The molecule has 4 aromatic rings. The predicted octanol–water partition coefficient (Wildman–Crippen LogP) is 4.07. The van der Waals surface area contributed by atoms with E-state index in [2.05, 4.69) is 5.32 Å². The summed E-state index contributed by atoms with van der Waals surface area (Å²) in [6, 6.07) is 28.6. The second kappa shape index (κ2) is 14.5. The zero-order chi connectivity index (χ0) is 29.9. The van der Waals surface area contributed by atoms with Crippen LogP contribution < -0.4 is 16.8 Å². The fraction of sp³-hybridized carbons (Fsp3) is 0.212. The first-order chi connectivity index (χ1) is 20.3. The van der Waals surface area contributed by atoms with Gasteiger partial charge in [-0.1, -0.05) is 84.9 Å². The van der Waals surface area contributed by atoms with Crippen LogP contribution in [0.1, 0.15) is 39.9 Å². The van der Waals surface area contributed by atoms with Crippen molar-refractivity contribution in [1.29, 1.82) is 0 Å². The van der Waals surface area contributed by atoms with Crippen LogP contribution in [0.4, 0.5) is 4.79 Å². The fourth-order valence-electron chi connectivity index (χ4n) is 4.68. The van der Waals surface area contributed by atoms with Crippen molar-refractivity contribution in [3.8, 4) is 0 Å². The first-order valence-corrected chi connectivity index (χ1v) is 13.7. The van der Waals surface area contributed by atoms with Crippen LogP contribution in [0.3, 0.4) is 0 Å². The van der Waals surface area contributed by atoms with E-state index < -0.39 is 23.9 Å². The number of nitrogens with two attached hydrogens (primary N) is 2. The van der Waals surface area contributed by atoms with Crippen molar-refractivity contribution >= 4 is 34.6 Å². The highest BCUT2D eigenvalue weighted by Gasteiger charge is 2.29. The number of nitrogens with zero attached hydrogens (tertiary/aromatic N) is 1. The molecule has 0 aliphatic rings. The molecule has 42 heavy (non-hydrogen) atoms. The number of hydrogen-bond donors (Lipinski definition) is 3. The van der Waals surface area contributed by atoms with Gasteiger partial charge in [0.1, 0.15) is 12.6 Å². The maximum absolute atomic E-state index is 13.9. The zero-order valence-corrected chi connectivity index (χ0v) is 23.2. The van der Waals surface area contributed by atoms with Crippen LogP contribution in [0.2, 0.25) is 0 Å². The van der Waals surface area contributed by atoms with Gasteiger partial charge in [-0.15, -0.1) is 0 Å². The molecule has 0 aromatic heterocycles. The molecule has 0 fully saturated rings. The summed E-state index contributed by atoms with van der Waals surface area (Å²) in [6.45, 7) is 0.489. The molecule has 0 bridgehead atoms. The summed E-state index contributed by atoms with van der Waals surface area (Å²) >= 11 is 0. The molecule has 4 aromatic carbocycles. The van der Waals surface area contributed by atoms with Crippen LogP contribution in [0.15, 0.2) is 97.1 Å². The van der Waals surface area contributed by atoms with Gasteiger partial charge in [-0.2, -0.15) is 0 Å². The van der Waals surface area contributed by atoms with E-state index in [1.165, 1.54) is 4.90 Å². The summed E-state index contributed by atoms with van der Waals surface area (Å²) in [5.74, 6) is -1.44. The molecule has 4 amide bonds. The standard InChI is InChI=1S/C33H34N4O5/c34-30(38)19-23-12-14-24(15-13-23)21-37(32(40)28-17-16-26-9-4-5-10-27(26)20-28)29(31(35)39)11-6-18-36-33(41)42-22-25-7-2-1-3-8-25/h1-5,7-10,12-17,20,29H,6,11,18-19,21-22H2,(H2,34,38)(H2,35,39)(H,36,41)/t29-/m1/s1. The van der Waals surface area contributed by atoms with Crippen LogP contribution in [-0.2, 0) is 33.9 Å². The van der Waals surface area contributed by atoms with Crippen molar-refractivity contribution in [1.82, 2.24) is 10.2 Å². The third-order valence-electron chi connectivity index (χ3n) is 6.85. The summed E-state index contributed by atoms with van der Waals surface area (Å²) in [7, 11) is 0. The summed E-state index contributed by atoms with van der Waals surface area (Å²) in [4.78, 5) is 51.5. The fourth-order valence-corrected chi connectivity index (χ4v) is 4.68. The number of benzene rings is 4. The highest BCUT2D eigenvalue weighted by Crippen LogP contribution is 2.21. The molecule has 9 heteroatoms. The van der Waals surface area contributed by atoms with E-state index in [0.29, 0.717) is 12.0 Å². The Morgan fingerprint density at radius 2 is 1.43 bits per heavy atom. The molecule has 0 aliphatic carbocycles. The minimum absolute atomic E-state index is 0.102. The van der Waals surface area contributed by atoms with Gasteiger partial charge in [-0.3, -0.25) is 14.4 Å². The molecule has 0 aliphatic heterocycles. The lowest BCUT2D eigenvalue weighted by atomic mass is 10.0. The molecular formula is C33H34N4O5. The Morgan fingerprint density at radius 1 is 0.762 bits per heavy atom. The number of carbonyl (C=O) groups excluding carboxylic acids is 4. The van der Waals surface area contributed by atoms with Gasteiger partial charge in [0.05, 0.1) is 6.42 Å². The highest BCUT2D eigenvalue weighted by atomic mass is 16.5. The Balaban J connectivity index is 1.47. The summed E-state index contributed by atoms with van der Waals surface area (Å²) in [5, 5.41) is 4.57. The summed E-state index contributed by atoms with van der Waals surface area (Å²) < 4.78 is 5.24. The Kier molecular flexibility index (Phi) is 10.3. The van der Waals surface area contributed by atoms with Crippen LogP contribution >= 0.6 is 0 Å². The van der Waals surface area contributed by atoms with Gasteiger partial charge in [0.15, 0.2) is 0 Å². The number of alkyl carbamates (subject to hydrolysis) is 1. The van der Waals surface area contributed by atoms with Crippen LogP contribution in [0, 0.1) is 0 Å². The molecule has 1 atom stereocenters. The van der Waals surface area contributed by atoms with Crippen molar-refractivity contribution in [2.75, 3.05) is 6.54 Å². The van der Waals surface area contributed by atoms with Crippen LogP contribution in [0.5, 0.6) is 0 Å². The minimum atomic E-state index is -0.934. The molecule has 4 rings (SSSR count). The number of nitrogens with one attached hydrogen (secondary N) is 1. The van der Waals surface area contributed by atoms with Crippen molar-refractivity contribution in [2.24, 2.45) is 11.5 Å². The molecule has 0 saturated carbocycles. The van der Waals surface area contributed by atoms with Crippen molar-refractivity contribution in [3.63, 3.8) is 0 Å². The Morgan fingerprint density at radius 3 is 2.12 bits per heavy atom. The Labute approximate surface area is 244 Å². The van der Waals surface area contributed by atoms with Gasteiger partial charge in [0.25, 0.3) is 5.91 Å². The molecule has 0 unspecified atom stereocenters. The molecule has 9 nitrogen and oxygen atoms in total. The largest absolute Gasteiger partial charge is 0.445 e. The number of hydrogen-bond acceptors (Lipinski definition) is 5. The van der Waals surface area contributed by atoms with Crippen molar-refractivity contribution in [2.45, 2.75) is 38.5 Å². The average Bonchev–Trinajstić information content (AvgIpc) is 2.99. The lowest BCUT2D eigenvalue weighted by Crippen LogP contribution is -2.47. The van der Waals surface area contributed by atoms with Gasteiger partial charge >= 0.3 is 6.09 Å². The normalized spacial score (nSPS) is 11.4. The number of amides is 4. The highest BCUT2D eigenvalue weighted by molar-refractivity contribution is 6.00. The van der Waals surface area contributed by atoms with Crippen molar-refractivity contribution in [3.05, 3.63) is 119 Å². The first kappa shape index (κ1) is 29.8. The Hall–Kier alpha value is -5.18. The predicted molar refractivity (Wildman–Crippen MR) is 160 cm³/mol. The smallest absolute Gasteiger partial charge is 0.407 e. The molecule has 0 spiro atoms. The van der Waals surface area contributed by atoms with Gasteiger partial charge < -0.3 is 26.4 Å². The SMILES string of the molecule is NC(=O)Cc1ccc(CN(C(=O)c2ccc3ccccc3c2)[C@H](CCCNC(=O)OCc2ccccc2)C(N)=O)cc1. The number of fused-ring (bicyclic) bond motifs is 1. The van der Waals surface area contributed by atoms with E-state index in [9.17, 15) is 19.2 Å². The third kappa shape index (κ3) is 8.41. The molecule has 0 heterocycles. The summed E-state index contributed by atoms with van der Waals surface area (Å²) in [5.41, 5.74) is 13.9. The van der Waals surface area contributed by atoms with E-state index in [1.807, 2.05) is 60.7 Å². The number of ether oxygens (including phenoxy) is 1. The monoisotopic (exact) mass is 566 g/mol. The van der Waals surface area contributed by atoms with Gasteiger partial charge in [-0.25, -0.2) is 4.79 Å². The average molecular weight is 567 g/mol. The molecule has 0 radical (unpaired) electrons. The Bertz CT molecular complexity index is 1540. The second-order valence-electron chi connectivity index (χ2n) is 10.0. The quantitative estimate of drug-likeness (QED) is 0.209. The molecule has 0 saturated heterocycles. The van der Waals surface area contributed by atoms with Gasteiger partial charge in [0, 0.05) is 18.7 Å². The summed E-state index contributed by atoms with van der Waals surface area (Å²) in [6.07, 6.45) is 0.139. The van der Waals surface area contributed by atoms with Crippen LogP contribution in [-0.4, -0.2) is 41.3 Å². The number of rotatable bonds is 13. The van der Waals surface area contributed by atoms with Gasteiger partial charge in [-0.05, 0) is 52.4 Å². The maximum Gasteiger partial charge on any atom is 0.407 e. The third-order valence-corrected chi connectivity index (χ3v) is 6.85. The number of carbonyl (C=O) groups is 4. The van der Waals surface area contributed by atoms with E-state index in [4.69, 9.17) is 16.2 Å². The van der Waals surface area contributed by atoms with E-state index in [1.54, 1.807) is 36.4 Å². The second-order valence-corrected chi connectivity index (χ2v) is 10.0. The van der Waals surface area contributed by atoms with Crippen molar-refractivity contribution < 1.29 is 23.9 Å². The number of primary amides is 2. The van der Waals surface area contributed by atoms with E-state index in [0.717, 1.165) is 27.5 Å². The topological polar surface area (TPSA) is 145 Å². The van der Waals surface area contributed by atoms with E-state index >= 15 is 0 Å².